The van der Waals surface area contributed by atoms with Crippen LogP contribution in [0.25, 0.3) is 0 Å². The predicted molar refractivity (Wildman–Crippen MR) is 82.3 cm³/mol. The van der Waals surface area contributed by atoms with Crippen LogP contribution in [0.5, 0.6) is 0 Å². The highest BCUT2D eigenvalue weighted by Gasteiger charge is 2.24. The Morgan fingerprint density at radius 2 is 1.68 bits per heavy atom. The molecule has 19 heavy (non-hydrogen) atoms. The molecule has 0 fully saturated rings. The van der Waals surface area contributed by atoms with Gasteiger partial charge in [-0.3, -0.25) is 0 Å². The second-order valence-corrected chi connectivity index (χ2v) is 5.15. The number of hydrogen-bond donors (Lipinski definition) is 1. The highest BCUT2D eigenvalue weighted by atomic mass is 16.5. The molecule has 2 atom stereocenters. The standard InChI is InChI=1S/C17H29NO/c1-5-14(6-2)13-16(18-7-3)17(19-4)15-11-9-8-10-12-15/h8-12,14,16-18H,5-7,13H2,1-4H3. The first kappa shape index (κ1) is 16.2. The minimum absolute atomic E-state index is 0.141. The largest absolute Gasteiger partial charge is 0.375 e. The van der Waals surface area contributed by atoms with Crippen LogP contribution < -0.4 is 5.32 Å². The Morgan fingerprint density at radius 1 is 1.05 bits per heavy atom. The van der Waals surface area contributed by atoms with E-state index < -0.39 is 0 Å². The Bertz CT molecular complexity index is 321. The van der Waals surface area contributed by atoms with Crippen LogP contribution in [-0.2, 0) is 4.74 Å². The average molecular weight is 263 g/mol. The molecule has 108 valence electrons. The number of likely N-dealkylation sites (N-methyl/N-ethyl adjacent to an activating group) is 1. The highest BCUT2D eigenvalue weighted by molar-refractivity contribution is 5.19. The molecular formula is C17H29NO. The first-order chi connectivity index (χ1) is 9.26. The number of nitrogens with one attached hydrogen (secondary N) is 1. The van der Waals surface area contributed by atoms with Gasteiger partial charge in [-0.2, -0.15) is 0 Å². The Morgan fingerprint density at radius 3 is 2.16 bits per heavy atom. The SMILES string of the molecule is CCNC(CC(CC)CC)C(OC)c1ccccc1. The van der Waals surface area contributed by atoms with Gasteiger partial charge in [-0.1, -0.05) is 63.9 Å². The zero-order chi connectivity index (χ0) is 14.1. The van der Waals surface area contributed by atoms with Gasteiger partial charge in [0.05, 0.1) is 6.10 Å². The topological polar surface area (TPSA) is 21.3 Å². The number of rotatable bonds is 9. The molecule has 0 spiro atoms. The molecule has 2 unspecified atom stereocenters. The van der Waals surface area contributed by atoms with Crippen LogP contribution in [-0.4, -0.2) is 19.7 Å². The summed E-state index contributed by atoms with van der Waals surface area (Å²) in [5.74, 6) is 0.769. The monoisotopic (exact) mass is 263 g/mol. The Balaban J connectivity index is 2.82. The maximum Gasteiger partial charge on any atom is 0.0974 e. The van der Waals surface area contributed by atoms with E-state index in [1.54, 1.807) is 0 Å². The molecule has 0 saturated carbocycles. The number of ether oxygens (including phenoxy) is 1. The second kappa shape index (κ2) is 9.11. The van der Waals surface area contributed by atoms with Crippen LogP contribution in [0.4, 0.5) is 0 Å². The van der Waals surface area contributed by atoms with Crippen LogP contribution in [0.1, 0.15) is 51.7 Å². The number of hydrogen-bond acceptors (Lipinski definition) is 2. The van der Waals surface area contributed by atoms with Crippen molar-refractivity contribution in [2.24, 2.45) is 5.92 Å². The molecule has 1 N–H and O–H groups in total. The molecule has 0 saturated heterocycles. The molecule has 0 aromatic heterocycles. The van der Waals surface area contributed by atoms with E-state index in [0.29, 0.717) is 6.04 Å². The van der Waals surface area contributed by atoms with Gasteiger partial charge in [0.1, 0.15) is 0 Å². The van der Waals surface area contributed by atoms with Crippen molar-refractivity contribution in [2.75, 3.05) is 13.7 Å². The summed E-state index contributed by atoms with van der Waals surface area (Å²) in [6.07, 6.45) is 3.79. The summed E-state index contributed by atoms with van der Waals surface area (Å²) in [6.45, 7) is 7.71. The van der Waals surface area contributed by atoms with Gasteiger partial charge in [0.15, 0.2) is 0 Å². The van der Waals surface area contributed by atoms with Crippen molar-refractivity contribution in [2.45, 2.75) is 52.2 Å². The lowest BCUT2D eigenvalue weighted by atomic mass is 9.89. The van der Waals surface area contributed by atoms with Crippen molar-refractivity contribution in [3.63, 3.8) is 0 Å². The summed E-state index contributed by atoms with van der Waals surface area (Å²) in [7, 11) is 1.81. The third-order valence-corrected chi connectivity index (χ3v) is 3.96. The first-order valence-corrected chi connectivity index (χ1v) is 7.57. The third kappa shape index (κ3) is 4.96. The molecule has 1 aromatic carbocycles. The van der Waals surface area contributed by atoms with E-state index in [9.17, 15) is 0 Å². The first-order valence-electron chi connectivity index (χ1n) is 7.57. The molecule has 0 amide bonds. The van der Waals surface area contributed by atoms with Gasteiger partial charge in [0.2, 0.25) is 0 Å². The number of benzene rings is 1. The minimum Gasteiger partial charge on any atom is -0.375 e. The summed E-state index contributed by atoms with van der Waals surface area (Å²) in [4.78, 5) is 0. The van der Waals surface area contributed by atoms with Crippen LogP contribution in [0.3, 0.4) is 0 Å². The van der Waals surface area contributed by atoms with E-state index in [2.05, 4.69) is 56.4 Å². The molecule has 0 aliphatic rings. The Kier molecular flexibility index (Phi) is 7.76. The average Bonchev–Trinajstić information content (AvgIpc) is 2.46. The smallest absolute Gasteiger partial charge is 0.0974 e. The van der Waals surface area contributed by atoms with E-state index in [-0.39, 0.29) is 6.10 Å². The van der Waals surface area contributed by atoms with Crippen LogP contribution >= 0.6 is 0 Å². The van der Waals surface area contributed by atoms with Crippen LogP contribution in [0.2, 0.25) is 0 Å². The lowest BCUT2D eigenvalue weighted by molar-refractivity contribution is 0.0589. The lowest BCUT2D eigenvalue weighted by Gasteiger charge is -2.30. The maximum absolute atomic E-state index is 5.78. The molecule has 2 nitrogen and oxygen atoms in total. The van der Waals surface area contributed by atoms with Gasteiger partial charge in [-0.25, -0.2) is 0 Å². The van der Waals surface area contributed by atoms with Crippen molar-refractivity contribution in [3.8, 4) is 0 Å². The molecule has 0 aliphatic carbocycles. The molecule has 0 heterocycles. The van der Waals surface area contributed by atoms with E-state index in [0.717, 1.165) is 12.5 Å². The van der Waals surface area contributed by atoms with Gasteiger partial charge in [0.25, 0.3) is 0 Å². The van der Waals surface area contributed by atoms with Crippen molar-refractivity contribution >= 4 is 0 Å². The summed E-state index contributed by atoms with van der Waals surface area (Å²) in [5, 5.41) is 3.61. The van der Waals surface area contributed by atoms with E-state index >= 15 is 0 Å². The van der Waals surface area contributed by atoms with Crippen LogP contribution in [0, 0.1) is 5.92 Å². The fourth-order valence-electron chi connectivity index (χ4n) is 2.73. The van der Waals surface area contributed by atoms with Crippen molar-refractivity contribution in [3.05, 3.63) is 35.9 Å². The van der Waals surface area contributed by atoms with Crippen LogP contribution in [0.15, 0.2) is 30.3 Å². The molecule has 1 rings (SSSR count). The molecular weight excluding hydrogens is 234 g/mol. The molecule has 0 radical (unpaired) electrons. The summed E-state index contributed by atoms with van der Waals surface area (Å²) in [5.41, 5.74) is 1.27. The minimum atomic E-state index is 0.141. The van der Waals surface area contributed by atoms with E-state index in [1.165, 1.54) is 24.8 Å². The quantitative estimate of drug-likeness (QED) is 0.721. The van der Waals surface area contributed by atoms with Gasteiger partial charge in [0, 0.05) is 13.2 Å². The number of methoxy groups -OCH3 is 1. The molecule has 2 heteroatoms. The zero-order valence-corrected chi connectivity index (χ0v) is 12.9. The van der Waals surface area contributed by atoms with Crippen molar-refractivity contribution in [1.29, 1.82) is 0 Å². The zero-order valence-electron chi connectivity index (χ0n) is 12.9. The lowest BCUT2D eigenvalue weighted by Crippen LogP contribution is -2.37. The summed E-state index contributed by atoms with van der Waals surface area (Å²) < 4.78 is 5.78. The van der Waals surface area contributed by atoms with Gasteiger partial charge < -0.3 is 10.1 Å². The normalized spacial score (nSPS) is 14.6. The predicted octanol–water partition coefficient (Wildman–Crippen LogP) is 4.18. The highest BCUT2D eigenvalue weighted by Crippen LogP contribution is 2.27. The van der Waals surface area contributed by atoms with Gasteiger partial charge in [-0.15, -0.1) is 0 Å². The van der Waals surface area contributed by atoms with E-state index in [4.69, 9.17) is 4.74 Å². The third-order valence-electron chi connectivity index (χ3n) is 3.96. The van der Waals surface area contributed by atoms with Gasteiger partial charge in [-0.05, 0) is 24.4 Å². The Hall–Kier alpha value is -0.860. The maximum atomic E-state index is 5.78. The second-order valence-electron chi connectivity index (χ2n) is 5.15. The summed E-state index contributed by atoms with van der Waals surface area (Å²) >= 11 is 0. The molecule has 0 bridgehead atoms. The van der Waals surface area contributed by atoms with Crippen molar-refractivity contribution < 1.29 is 4.74 Å². The van der Waals surface area contributed by atoms with Gasteiger partial charge >= 0.3 is 0 Å². The fraction of sp³-hybridized carbons (Fsp3) is 0.647. The summed E-state index contributed by atoms with van der Waals surface area (Å²) in [6, 6.07) is 10.9. The Labute approximate surface area is 118 Å². The van der Waals surface area contributed by atoms with E-state index in [1.807, 2.05) is 7.11 Å². The fourth-order valence-corrected chi connectivity index (χ4v) is 2.73. The van der Waals surface area contributed by atoms with Crippen molar-refractivity contribution in [1.82, 2.24) is 5.32 Å². The molecule has 1 aromatic rings. The molecule has 0 aliphatic heterocycles.